The highest BCUT2D eigenvalue weighted by molar-refractivity contribution is 5.03. The highest BCUT2D eigenvalue weighted by atomic mass is 15.1. The summed E-state index contributed by atoms with van der Waals surface area (Å²) in [4.78, 5) is 6.90. The van der Waals surface area contributed by atoms with Crippen LogP contribution in [0.25, 0.3) is 0 Å². The fourth-order valence-corrected chi connectivity index (χ4v) is 3.08. The second-order valence-corrected chi connectivity index (χ2v) is 6.58. The van der Waals surface area contributed by atoms with Gasteiger partial charge >= 0.3 is 0 Å². The van der Waals surface area contributed by atoms with Crippen LogP contribution >= 0.6 is 0 Å². The molecule has 1 aliphatic carbocycles. The maximum absolute atomic E-state index is 4.28. The molecule has 0 aromatic carbocycles. The van der Waals surface area contributed by atoms with Crippen LogP contribution in [0.1, 0.15) is 50.8 Å². The van der Waals surface area contributed by atoms with Gasteiger partial charge in [0.25, 0.3) is 0 Å². The summed E-state index contributed by atoms with van der Waals surface area (Å²) in [5.41, 5.74) is 1.35. The third kappa shape index (κ3) is 3.83. The minimum absolute atomic E-state index is 0.740. The van der Waals surface area contributed by atoms with Crippen LogP contribution in [0, 0.1) is 5.92 Å². The summed E-state index contributed by atoms with van der Waals surface area (Å²) in [6, 6.07) is 0.740. The van der Waals surface area contributed by atoms with Crippen LogP contribution in [-0.2, 0) is 6.54 Å². The zero-order chi connectivity index (χ0) is 13.8. The van der Waals surface area contributed by atoms with E-state index in [4.69, 9.17) is 0 Å². The lowest BCUT2D eigenvalue weighted by molar-refractivity contribution is 0.190. The van der Waals surface area contributed by atoms with Gasteiger partial charge < -0.3 is 14.8 Å². The number of nitrogens with zero attached hydrogens (tertiary/aromatic N) is 3. The van der Waals surface area contributed by atoms with Crippen molar-refractivity contribution in [1.29, 1.82) is 0 Å². The van der Waals surface area contributed by atoms with Gasteiger partial charge in [0, 0.05) is 18.8 Å². The Morgan fingerprint density at radius 2 is 2.05 bits per heavy atom. The fraction of sp³-hybridized carbons (Fsp3) is 0.812. The van der Waals surface area contributed by atoms with E-state index in [1.54, 1.807) is 0 Å². The topological polar surface area (TPSA) is 33.1 Å². The van der Waals surface area contributed by atoms with E-state index in [1.807, 2.05) is 12.5 Å². The summed E-state index contributed by atoms with van der Waals surface area (Å²) in [5, 5.41) is 3.57. The van der Waals surface area contributed by atoms with E-state index in [0.717, 1.165) is 25.0 Å². The standard InChI is InChI=1S/C16H28N4/c1-14-5-9-19(10-6-14)8-2-7-17-11-16-12-18-13-20(16)15-3-4-15/h12-15,17H,2-11H2,1H3. The molecule has 0 amide bonds. The third-order valence-corrected chi connectivity index (χ3v) is 4.70. The lowest BCUT2D eigenvalue weighted by Gasteiger charge is -2.30. The molecule has 0 atom stereocenters. The number of nitrogens with one attached hydrogen (secondary N) is 1. The van der Waals surface area contributed by atoms with Gasteiger partial charge in [0.2, 0.25) is 0 Å². The van der Waals surface area contributed by atoms with Gasteiger partial charge in [-0.1, -0.05) is 6.92 Å². The van der Waals surface area contributed by atoms with Crippen LogP contribution in [0.3, 0.4) is 0 Å². The number of piperidine rings is 1. The summed E-state index contributed by atoms with van der Waals surface area (Å²) in [5.74, 6) is 0.937. The molecule has 1 aromatic rings. The van der Waals surface area contributed by atoms with E-state index < -0.39 is 0 Å². The van der Waals surface area contributed by atoms with Gasteiger partial charge in [-0.25, -0.2) is 4.98 Å². The predicted molar refractivity (Wildman–Crippen MR) is 81.7 cm³/mol. The number of hydrogen-bond donors (Lipinski definition) is 1. The molecule has 0 bridgehead atoms. The predicted octanol–water partition coefficient (Wildman–Crippen LogP) is 2.43. The minimum Gasteiger partial charge on any atom is -0.330 e. The van der Waals surface area contributed by atoms with Crippen LogP contribution in [0.15, 0.2) is 12.5 Å². The van der Waals surface area contributed by atoms with E-state index in [1.165, 1.54) is 57.4 Å². The van der Waals surface area contributed by atoms with Crippen molar-refractivity contribution in [3.8, 4) is 0 Å². The van der Waals surface area contributed by atoms with Crippen molar-refractivity contribution >= 4 is 0 Å². The Morgan fingerprint density at radius 1 is 1.25 bits per heavy atom. The molecule has 20 heavy (non-hydrogen) atoms. The fourth-order valence-electron chi connectivity index (χ4n) is 3.08. The van der Waals surface area contributed by atoms with Crippen LogP contribution in [0.2, 0.25) is 0 Å². The van der Waals surface area contributed by atoms with Crippen molar-refractivity contribution in [3.05, 3.63) is 18.2 Å². The van der Waals surface area contributed by atoms with E-state index in [2.05, 4.69) is 26.7 Å². The molecule has 1 saturated heterocycles. The number of imidazole rings is 1. The lowest BCUT2D eigenvalue weighted by atomic mass is 9.99. The molecular weight excluding hydrogens is 248 g/mol. The zero-order valence-corrected chi connectivity index (χ0v) is 12.7. The van der Waals surface area contributed by atoms with Gasteiger partial charge in [-0.05, 0) is 64.2 Å². The van der Waals surface area contributed by atoms with Crippen molar-refractivity contribution in [2.75, 3.05) is 26.2 Å². The number of likely N-dealkylation sites (tertiary alicyclic amines) is 1. The molecule has 0 spiro atoms. The van der Waals surface area contributed by atoms with E-state index >= 15 is 0 Å². The normalized spacial score (nSPS) is 21.4. The van der Waals surface area contributed by atoms with Crippen molar-refractivity contribution in [1.82, 2.24) is 19.8 Å². The Bertz CT molecular complexity index is 402. The monoisotopic (exact) mass is 276 g/mol. The molecule has 0 radical (unpaired) electrons. The summed E-state index contributed by atoms with van der Waals surface area (Å²) >= 11 is 0. The number of rotatable bonds is 7. The molecule has 2 fully saturated rings. The molecule has 112 valence electrons. The quantitative estimate of drug-likeness (QED) is 0.777. The highest BCUT2D eigenvalue weighted by Crippen LogP contribution is 2.35. The van der Waals surface area contributed by atoms with Crippen LogP contribution in [0.4, 0.5) is 0 Å². The first-order valence-corrected chi connectivity index (χ1v) is 8.26. The van der Waals surface area contributed by atoms with Crippen LogP contribution < -0.4 is 5.32 Å². The molecule has 4 heteroatoms. The molecule has 1 saturated carbocycles. The summed E-state index contributed by atoms with van der Waals surface area (Å²) in [6.07, 6.45) is 10.7. The van der Waals surface area contributed by atoms with Gasteiger partial charge in [0.05, 0.1) is 12.0 Å². The molecule has 4 nitrogen and oxygen atoms in total. The smallest absolute Gasteiger partial charge is 0.0951 e. The van der Waals surface area contributed by atoms with Gasteiger partial charge in [-0.15, -0.1) is 0 Å². The summed E-state index contributed by atoms with van der Waals surface area (Å²) in [7, 11) is 0. The first-order chi connectivity index (χ1) is 9.83. The Hall–Kier alpha value is -0.870. The largest absolute Gasteiger partial charge is 0.330 e. The van der Waals surface area contributed by atoms with Crippen molar-refractivity contribution in [3.63, 3.8) is 0 Å². The Kier molecular flexibility index (Phi) is 4.73. The molecule has 2 aliphatic rings. The first kappa shape index (κ1) is 14.1. The van der Waals surface area contributed by atoms with Gasteiger partial charge in [-0.2, -0.15) is 0 Å². The maximum Gasteiger partial charge on any atom is 0.0951 e. The second-order valence-electron chi connectivity index (χ2n) is 6.58. The van der Waals surface area contributed by atoms with Crippen molar-refractivity contribution < 1.29 is 0 Å². The van der Waals surface area contributed by atoms with E-state index in [-0.39, 0.29) is 0 Å². The molecular formula is C16H28N4. The molecule has 0 unspecified atom stereocenters. The SMILES string of the molecule is CC1CCN(CCCNCc2cncn2C2CC2)CC1. The van der Waals surface area contributed by atoms with E-state index in [0.29, 0.717) is 0 Å². The Morgan fingerprint density at radius 3 is 2.80 bits per heavy atom. The van der Waals surface area contributed by atoms with E-state index in [9.17, 15) is 0 Å². The maximum atomic E-state index is 4.28. The Balaban J connectivity index is 1.29. The zero-order valence-electron chi connectivity index (χ0n) is 12.7. The minimum atomic E-state index is 0.740. The number of aromatic nitrogens is 2. The molecule has 3 rings (SSSR count). The first-order valence-electron chi connectivity index (χ1n) is 8.26. The van der Waals surface area contributed by atoms with Crippen LogP contribution in [-0.4, -0.2) is 40.6 Å². The summed E-state index contributed by atoms with van der Waals surface area (Å²) < 4.78 is 2.35. The second kappa shape index (κ2) is 6.72. The molecule has 1 aromatic heterocycles. The van der Waals surface area contributed by atoms with Gasteiger partial charge in [0.1, 0.15) is 0 Å². The Labute approximate surface area is 122 Å². The van der Waals surface area contributed by atoms with Gasteiger partial charge in [0.15, 0.2) is 0 Å². The average molecular weight is 276 g/mol. The molecule has 1 aliphatic heterocycles. The van der Waals surface area contributed by atoms with Gasteiger partial charge in [-0.3, -0.25) is 0 Å². The third-order valence-electron chi connectivity index (χ3n) is 4.70. The average Bonchev–Trinajstić information content (AvgIpc) is 3.20. The number of hydrogen-bond acceptors (Lipinski definition) is 3. The lowest BCUT2D eigenvalue weighted by Crippen LogP contribution is -2.34. The summed E-state index contributed by atoms with van der Waals surface area (Å²) in [6.45, 7) is 8.31. The molecule has 2 heterocycles. The van der Waals surface area contributed by atoms with Crippen molar-refractivity contribution in [2.24, 2.45) is 5.92 Å². The van der Waals surface area contributed by atoms with Crippen molar-refractivity contribution in [2.45, 2.75) is 51.6 Å². The van der Waals surface area contributed by atoms with Crippen LogP contribution in [0.5, 0.6) is 0 Å². The molecule has 1 N–H and O–H groups in total. The highest BCUT2D eigenvalue weighted by Gasteiger charge is 2.24.